The predicted octanol–water partition coefficient (Wildman–Crippen LogP) is 1.29. The lowest BCUT2D eigenvalue weighted by Gasteiger charge is -2.06. The van der Waals surface area contributed by atoms with Crippen LogP contribution in [-0.4, -0.2) is 32.6 Å². The number of nitrogens with two attached hydrogens (primary N) is 1. The molecule has 1 heterocycles. The van der Waals surface area contributed by atoms with Gasteiger partial charge >= 0.3 is 6.09 Å². The van der Waals surface area contributed by atoms with Crippen LogP contribution < -0.4 is 16.4 Å². The van der Waals surface area contributed by atoms with Crippen molar-refractivity contribution in [3.05, 3.63) is 30.3 Å². The fourth-order valence-electron chi connectivity index (χ4n) is 1.53. The van der Waals surface area contributed by atoms with Gasteiger partial charge in [-0.05, 0) is 31.3 Å². The van der Waals surface area contributed by atoms with Gasteiger partial charge in [0, 0.05) is 0 Å². The minimum absolute atomic E-state index is 0.0265. The summed E-state index contributed by atoms with van der Waals surface area (Å²) in [7, 11) is 0. The lowest BCUT2D eigenvalue weighted by atomic mass is 10.3. The normalized spacial score (nSPS) is 9.95. The molecule has 2 rings (SSSR count). The first kappa shape index (κ1) is 14.7. The highest BCUT2D eigenvalue weighted by molar-refractivity contribution is 7.80. The Morgan fingerprint density at radius 1 is 1.43 bits per heavy atom. The number of aromatic nitrogens is 3. The highest BCUT2D eigenvalue weighted by atomic mass is 32.1. The number of carbonyl (C=O) groups excluding carboxylic acids is 1. The van der Waals surface area contributed by atoms with Crippen LogP contribution in [0, 0.1) is 0 Å². The van der Waals surface area contributed by atoms with Crippen LogP contribution in [0.25, 0.3) is 5.69 Å². The van der Waals surface area contributed by atoms with E-state index < -0.39 is 6.09 Å². The van der Waals surface area contributed by atoms with Gasteiger partial charge in [-0.2, -0.15) is 9.67 Å². The number of benzene rings is 1. The molecule has 1 aromatic carbocycles. The summed E-state index contributed by atoms with van der Waals surface area (Å²) in [4.78, 5) is 15.2. The first-order valence-corrected chi connectivity index (χ1v) is 6.53. The maximum atomic E-state index is 11.2. The summed E-state index contributed by atoms with van der Waals surface area (Å²) in [5, 5.41) is 9.18. The molecule has 0 atom stereocenters. The smallest absolute Gasteiger partial charge is 0.413 e. The molecule has 0 saturated carbocycles. The molecule has 0 radical (unpaired) electrons. The number of amides is 1. The van der Waals surface area contributed by atoms with E-state index in [-0.39, 0.29) is 23.6 Å². The van der Waals surface area contributed by atoms with E-state index in [4.69, 9.17) is 22.7 Å². The Kier molecular flexibility index (Phi) is 4.67. The molecule has 0 fully saturated rings. The highest BCUT2D eigenvalue weighted by Gasteiger charge is 2.11. The van der Waals surface area contributed by atoms with Gasteiger partial charge in [0.15, 0.2) is 5.11 Å². The van der Waals surface area contributed by atoms with Crippen molar-refractivity contribution in [2.75, 3.05) is 17.7 Å². The SMILES string of the molecule is CCOC(=O)NC(=S)Nc1nc(N)n(-c2ccccc2)n1. The molecular formula is C12H14N6O2S. The Hall–Kier alpha value is -2.68. The molecule has 4 N–H and O–H groups in total. The zero-order valence-electron chi connectivity index (χ0n) is 11.2. The first-order chi connectivity index (χ1) is 10.1. The number of hydrogen-bond acceptors (Lipinski definition) is 6. The van der Waals surface area contributed by atoms with Crippen LogP contribution >= 0.6 is 12.2 Å². The Morgan fingerprint density at radius 3 is 2.81 bits per heavy atom. The number of nitrogens with one attached hydrogen (secondary N) is 2. The van der Waals surface area contributed by atoms with Gasteiger partial charge < -0.3 is 10.5 Å². The molecule has 0 bridgehead atoms. The molecule has 1 aromatic heterocycles. The number of thiocarbonyl (C=S) groups is 1. The molecule has 9 heteroatoms. The average molecular weight is 306 g/mol. The van der Waals surface area contributed by atoms with Crippen molar-refractivity contribution in [1.29, 1.82) is 0 Å². The average Bonchev–Trinajstić information content (AvgIpc) is 2.80. The fourth-order valence-corrected chi connectivity index (χ4v) is 1.70. The number of ether oxygens (including phenoxy) is 1. The van der Waals surface area contributed by atoms with Crippen LogP contribution in [-0.2, 0) is 4.74 Å². The van der Waals surface area contributed by atoms with Crippen molar-refractivity contribution in [1.82, 2.24) is 20.1 Å². The van der Waals surface area contributed by atoms with E-state index in [2.05, 4.69) is 20.7 Å². The summed E-state index contributed by atoms with van der Waals surface area (Å²) in [6.45, 7) is 1.95. The van der Waals surface area contributed by atoms with Gasteiger partial charge in [-0.1, -0.05) is 18.2 Å². The monoisotopic (exact) mass is 306 g/mol. The Morgan fingerprint density at radius 2 is 2.14 bits per heavy atom. The minimum Gasteiger partial charge on any atom is -0.450 e. The summed E-state index contributed by atoms with van der Waals surface area (Å²) in [5.41, 5.74) is 6.56. The van der Waals surface area contributed by atoms with Crippen LogP contribution in [0.5, 0.6) is 0 Å². The van der Waals surface area contributed by atoms with Crippen molar-refractivity contribution in [2.24, 2.45) is 0 Å². The molecule has 0 aliphatic heterocycles. The largest absolute Gasteiger partial charge is 0.450 e. The van der Waals surface area contributed by atoms with Crippen LogP contribution in [0.3, 0.4) is 0 Å². The molecule has 0 unspecified atom stereocenters. The Bertz CT molecular complexity index is 642. The number of anilines is 2. The van der Waals surface area contributed by atoms with Gasteiger partial charge in [-0.25, -0.2) is 4.79 Å². The molecule has 0 saturated heterocycles. The van der Waals surface area contributed by atoms with E-state index in [1.165, 1.54) is 4.68 Å². The summed E-state index contributed by atoms with van der Waals surface area (Å²) in [6.07, 6.45) is -0.648. The Balaban J connectivity index is 2.06. The molecule has 8 nitrogen and oxygen atoms in total. The van der Waals surface area contributed by atoms with E-state index in [0.29, 0.717) is 0 Å². The van der Waals surface area contributed by atoms with E-state index in [0.717, 1.165) is 5.69 Å². The second-order valence-corrected chi connectivity index (χ2v) is 4.25. The first-order valence-electron chi connectivity index (χ1n) is 6.13. The molecule has 1 amide bonds. The van der Waals surface area contributed by atoms with Crippen molar-refractivity contribution in [3.8, 4) is 5.69 Å². The van der Waals surface area contributed by atoms with Crippen LogP contribution in [0.4, 0.5) is 16.7 Å². The summed E-state index contributed by atoms with van der Waals surface area (Å²) in [6, 6.07) is 9.27. The zero-order chi connectivity index (χ0) is 15.2. The van der Waals surface area contributed by atoms with Gasteiger partial charge in [0.05, 0.1) is 12.3 Å². The number of alkyl carbamates (subject to hydrolysis) is 1. The van der Waals surface area contributed by atoms with Gasteiger partial charge in [-0.3, -0.25) is 10.6 Å². The molecular weight excluding hydrogens is 292 g/mol. The second-order valence-electron chi connectivity index (χ2n) is 3.84. The van der Waals surface area contributed by atoms with Crippen LogP contribution in [0.2, 0.25) is 0 Å². The van der Waals surface area contributed by atoms with Gasteiger partial charge in [0.25, 0.3) is 5.95 Å². The van der Waals surface area contributed by atoms with Gasteiger partial charge in [0.1, 0.15) is 0 Å². The number of carbonyl (C=O) groups is 1. The molecule has 2 aromatic rings. The van der Waals surface area contributed by atoms with Crippen LogP contribution in [0.1, 0.15) is 6.92 Å². The number of nitrogens with zero attached hydrogens (tertiary/aromatic N) is 3. The summed E-state index contributed by atoms with van der Waals surface area (Å²) < 4.78 is 6.15. The maximum Gasteiger partial charge on any atom is 0.413 e. The second kappa shape index (κ2) is 6.66. The minimum atomic E-state index is -0.648. The van der Waals surface area contributed by atoms with Crippen molar-refractivity contribution >= 4 is 35.3 Å². The predicted molar refractivity (Wildman–Crippen MR) is 82.1 cm³/mol. The third-order valence-electron chi connectivity index (χ3n) is 2.35. The topological polar surface area (TPSA) is 107 Å². The summed E-state index contributed by atoms with van der Waals surface area (Å²) >= 11 is 4.94. The number of nitrogen functional groups attached to an aromatic ring is 1. The quantitative estimate of drug-likeness (QED) is 0.733. The van der Waals surface area contributed by atoms with Gasteiger partial charge in [-0.15, -0.1) is 5.10 Å². The third-order valence-corrected chi connectivity index (χ3v) is 2.55. The summed E-state index contributed by atoms with van der Waals surface area (Å²) in [5.74, 6) is 0.376. The Labute approximate surface area is 126 Å². The molecule has 0 spiro atoms. The lowest BCUT2D eigenvalue weighted by Crippen LogP contribution is -2.34. The van der Waals surface area contributed by atoms with Crippen LogP contribution in [0.15, 0.2) is 30.3 Å². The highest BCUT2D eigenvalue weighted by Crippen LogP contribution is 2.12. The van der Waals surface area contributed by atoms with Crippen molar-refractivity contribution in [3.63, 3.8) is 0 Å². The zero-order valence-corrected chi connectivity index (χ0v) is 12.1. The molecule has 0 aliphatic carbocycles. The third kappa shape index (κ3) is 3.89. The number of hydrogen-bond donors (Lipinski definition) is 3. The number of para-hydroxylation sites is 1. The molecule has 21 heavy (non-hydrogen) atoms. The fraction of sp³-hybridized carbons (Fsp3) is 0.167. The van der Waals surface area contributed by atoms with E-state index in [1.807, 2.05) is 30.3 Å². The molecule has 110 valence electrons. The van der Waals surface area contributed by atoms with E-state index in [1.54, 1.807) is 6.92 Å². The maximum absolute atomic E-state index is 11.2. The lowest BCUT2D eigenvalue weighted by molar-refractivity contribution is 0.158. The molecule has 0 aliphatic rings. The van der Waals surface area contributed by atoms with Crippen molar-refractivity contribution < 1.29 is 9.53 Å². The van der Waals surface area contributed by atoms with Crippen molar-refractivity contribution in [2.45, 2.75) is 6.92 Å². The number of rotatable bonds is 3. The standard InChI is InChI=1S/C12H14N6O2S/c1-2-20-12(19)16-11(21)15-10-14-9(13)18(17-10)8-6-4-3-5-7-8/h3-7H,2H2,1H3,(H4,13,14,15,16,17,19,21). The van der Waals surface area contributed by atoms with E-state index in [9.17, 15) is 4.79 Å². The van der Waals surface area contributed by atoms with Gasteiger partial charge in [0.2, 0.25) is 5.95 Å². The van der Waals surface area contributed by atoms with E-state index >= 15 is 0 Å².